The van der Waals surface area contributed by atoms with E-state index in [0.717, 1.165) is 15.0 Å². The molecule has 0 saturated heterocycles. The van der Waals surface area contributed by atoms with Gasteiger partial charge in [0.25, 0.3) is 0 Å². The van der Waals surface area contributed by atoms with Crippen molar-refractivity contribution in [3.05, 3.63) is 29.5 Å². The maximum atomic E-state index is 11.7. The van der Waals surface area contributed by atoms with Gasteiger partial charge in [-0.1, -0.05) is 23.1 Å². The van der Waals surface area contributed by atoms with Crippen LogP contribution in [0.1, 0.15) is 23.8 Å². The van der Waals surface area contributed by atoms with Crippen molar-refractivity contribution in [1.29, 1.82) is 0 Å². The number of nitrogens with one attached hydrogen (secondary N) is 1. The van der Waals surface area contributed by atoms with Gasteiger partial charge in [0.05, 0.1) is 5.75 Å². The van der Waals surface area contributed by atoms with Gasteiger partial charge in [-0.15, -0.1) is 10.2 Å². The fourth-order valence-electron chi connectivity index (χ4n) is 1.53. The molecule has 0 aliphatic heterocycles. The zero-order chi connectivity index (χ0) is 13.1. The zero-order valence-electron chi connectivity index (χ0n) is 10.1. The third-order valence-corrected chi connectivity index (χ3v) is 4.86. The van der Waals surface area contributed by atoms with Crippen LogP contribution in [0.5, 0.6) is 0 Å². The molecule has 5 nitrogen and oxygen atoms in total. The Kier molecular flexibility index (Phi) is 3.74. The largest absolute Gasteiger partial charge is 0.325 e. The van der Waals surface area contributed by atoms with Crippen LogP contribution in [0.25, 0.3) is 0 Å². The molecular weight excluding hydrogens is 280 g/mol. The molecule has 3 rings (SSSR count). The van der Waals surface area contributed by atoms with Crippen LogP contribution in [0, 0.1) is 0 Å². The molecule has 1 amide bonds. The minimum Gasteiger partial charge on any atom is -0.325 e. The lowest BCUT2D eigenvalue weighted by Gasteiger charge is -2.02. The monoisotopic (exact) mass is 292 g/mol. The molecule has 1 fully saturated rings. The molecule has 2 aromatic heterocycles. The normalized spacial score (nSPS) is 14.3. The highest BCUT2D eigenvalue weighted by molar-refractivity contribution is 8.01. The molecule has 0 unspecified atom stereocenters. The van der Waals surface area contributed by atoms with Gasteiger partial charge in [0.1, 0.15) is 5.01 Å². The van der Waals surface area contributed by atoms with Gasteiger partial charge in [-0.2, -0.15) is 0 Å². The Morgan fingerprint density at radius 2 is 2.16 bits per heavy atom. The molecule has 0 spiro atoms. The van der Waals surface area contributed by atoms with Gasteiger partial charge in [0, 0.05) is 24.0 Å². The Hall–Kier alpha value is -1.47. The summed E-state index contributed by atoms with van der Waals surface area (Å²) in [5.74, 6) is 0.929. The fraction of sp³-hybridized carbons (Fsp3) is 0.333. The summed E-state index contributed by atoms with van der Waals surface area (Å²) in [5, 5.41) is 12.2. The lowest BCUT2D eigenvalue weighted by molar-refractivity contribution is -0.113. The van der Waals surface area contributed by atoms with E-state index in [1.54, 1.807) is 35.9 Å². The van der Waals surface area contributed by atoms with Gasteiger partial charge in [-0.25, -0.2) is 0 Å². The molecule has 0 bridgehead atoms. The summed E-state index contributed by atoms with van der Waals surface area (Å²) in [6.07, 6.45) is 5.74. The first-order chi connectivity index (χ1) is 9.31. The van der Waals surface area contributed by atoms with Crippen LogP contribution in [0.15, 0.2) is 28.9 Å². The molecule has 2 heterocycles. The molecule has 0 radical (unpaired) electrons. The Morgan fingerprint density at radius 3 is 2.89 bits per heavy atom. The van der Waals surface area contributed by atoms with Gasteiger partial charge < -0.3 is 5.32 Å². The molecule has 1 aliphatic carbocycles. The molecule has 1 aliphatic rings. The molecule has 19 heavy (non-hydrogen) atoms. The van der Waals surface area contributed by atoms with Crippen molar-refractivity contribution in [2.24, 2.45) is 0 Å². The standard InChI is InChI=1S/C12H12N4OS2/c17-10(14-9-3-5-13-6-4-9)7-18-12-16-15-11(19-12)8-1-2-8/h3-6,8H,1-2,7H2,(H,13,14,17). The number of rotatable bonds is 5. The molecule has 0 atom stereocenters. The van der Waals surface area contributed by atoms with Crippen molar-refractivity contribution >= 4 is 34.7 Å². The average molecular weight is 292 g/mol. The number of amides is 1. The number of hydrogen-bond donors (Lipinski definition) is 1. The predicted molar refractivity (Wildman–Crippen MR) is 75.5 cm³/mol. The lowest BCUT2D eigenvalue weighted by Crippen LogP contribution is -2.13. The van der Waals surface area contributed by atoms with Crippen LogP contribution < -0.4 is 5.32 Å². The molecule has 98 valence electrons. The first kappa shape index (κ1) is 12.6. The second kappa shape index (κ2) is 5.66. The highest BCUT2D eigenvalue weighted by Gasteiger charge is 2.27. The summed E-state index contributed by atoms with van der Waals surface area (Å²) in [5.41, 5.74) is 0.761. The highest BCUT2D eigenvalue weighted by atomic mass is 32.2. The SMILES string of the molecule is O=C(CSc1nnc(C2CC2)s1)Nc1ccncc1. The van der Waals surface area contributed by atoms with Gasteiger partial charge >= 0.3 is 0 Å². The van der Waals surface area contributed by atoms with Crippen LogP contribution in [-0.2, 0) is 4.79 Å². The van der Waals surface area contributed by atoms with E-state index in [2.05, 4.69) is 20.5 Å². The number of carbonyl (C=O) groups excluding carboxylic acids is 1. The van der Waals surface area contributed by atoms with Crippen LogP contribution in [0.2, 0.25) is 0 Å². The molecule has 2 aromatic rings. The average Bonchev–Trinajstić information content (AvgIpc) is 3.17. The smallest absolute Gasteiger partial charge is 0.234 e. The fourth-order valence-corrected chi connectivity index (χ4v) is 3.37. The van der Waals surface area contributed by atoms with Crippen molar-refractivity contribution < 1.29 is 4.79 Å². The van der Waals surface area contributed by atoms with E-state index < -0.39 is 0 Å². The second-order valence-corrected chi connectivity index (χ2v) is 6.48. The van der Waals surface area contributed by atoms with Crippen molar-refractivity contribution in [2.75, 3.05) is 11.1 Å². The molecule has 1 N–H and O–H groups in total. The quantitative estimate of drug-likeness (QED) is 0.858. The summed E-state index contributed by atoms with van der Waals surface area (Å²) in [4.78, 5) is 15.6. The van der Waals surface area contributed by atoms with E-state index in [-0.39, 0.29) is 5.91 Å². The minimum atomic E-state index is -0.0422. The second-order valence-electron chi connectivity index (χ2n) is 4.25. The number of pyridine rings is 1. The summed E-state index contributed by atoms with van der Waals surface area (Å²) >= 11 is 3.03. The van der Waals surface area contributed by atoms with E-state index in [1.807, 2.05) is 0 Å². The number of nitrogens with zero attached hydrogens (tertiary/aromatic N) is 3. The van der Waals surface area contributed by atoms with E-state index >= 15 is 0 Å². The number of aromatic nitrogens is 3. The van der Waals surface area contributed by atoms with Crippen molar-refractivity contribution in [2.45, 2.75) is 23.1 Å². The number of hydrogen-bond acceptors (Lipinski definition) is 6. The highest BCUT2D eigenvalue weighted by Crippen LogP contribution is 2.42. The van der Waals surface area contributed by atoms with Gasteiger partial charge in [0.15, 0.2) is 4.34 Å². The summed E-state index contributed by atoms with van der Waals surface area (Å²) in [7, 11) is 0. The van der Waals surface area contributed by atoms with E-state index in [4.69, 9.17) is 0 Å². The van der Waals surface area contributed by atoms with Crippen LogP contribution in [-0.4, -0.2) is 26.8 Å². The Bertz CT molecular complexity index is 568. The van der Waals surface area contributed by atoms with E-state index in [0.29, 0.717) is 11.7 Å². The predicted octanol–water partition coefficient (Wildman–Crippen LogP) is 2.54. The van der Waals surface area contributed by atoms with Gasteiger partial charge in [-0.05, 0) is 25.0 Å². The first-order valence-corrected chi connectivity index (χ1v) is 7.77. The van der Waals surface area contributed by atoms with Crippen LogP contribution in [0.3, 0.4) is 0 Å². The third-order valence-electron chi connectivity index (χ3n) is 2.64. The molecule has 1 saturated carbocycles. The molecular formula is C12H12N4OS2. The number of carbonyl (C=O) groups is 1. The summed E-state index contributed by atoms with van der Waals surface area (Å²) in [6.45, 7) is 0. The van der Waals surface area contributed by atoms with Gasteiger partial charge in [0.2, 0.25) is 5.91 Å². The number of thioether (sulfide) groups is 1. The zero-order valence-corrected chi connectivity index (χ0v) is 11.7. The van der Waals surface area contributed by atoms with Crippen LogP contribution >= 0.6 is 23.1 Å². The topological polar surface area (TPSA) is 67.8 Å². The summed E-state index contributed by atoms with van der Waals surface area (Å²) in [6, 6.07) is 3.53. The van der Waals surface area contributed by atoms with E-state index in [1.165, 1.54) is 24.6 Å². The van der Waals surface area contributed by atoms with Crippen molar-refractivity contribution in [3.63, 3.8) is 0 Å². The maximum absolute atomic E-state index is 11.7. The maximum Gasteiger partial charge on any atom is 0.234 e. The molecule has 7 heteroatoms. The Labute approximate surface area is 118 Å². The Balaban J connectivity index is 1.49. The van der Waals surface area contributed by atoms with Gasteiger partial charge in [-0.3, -0.25) is 9.78 Å². The minimum absolute atomic E-state index is 0.0422. The van der Waals surface area contributed by atoms with Crippen molar-refractivity contribution in [3.8, 4) is 0 Å². The number of anilines is 1. The Morgan fingerprint density at radius 1 is 1.37 bits per heavy atom. The van der Waals surface area contributed by atoms with Crippen molar-refractivity contribution in [1.82, 2.24) is 15.2 Å². The molecule has 0 aromatic carbocycles. The summed E-state index contributed by atoms with van der Waals surface area (Å²) < 4.78 is 0.867. The first-order valence-electron chi connectivity index (χ1n) is 5.97. The van der Waals surface area contributed by atoms with Crippen LogP contribution in [0.4, 0.5) is 5.69 Å². The third kappa shape index (κ3) is 3.51. The lowest BCUT2D eigenvalue weighted by atomic mass is 10.4. The van der Waals surface area contributed by atoms with E-state index in [9.17, 15) is 4.79 Å².